The summed E-state index contributed by atoms with van der Waals surface area (Å²) in [4.78, 5) is 12.6. The number of para-hydroxylation sites is 1. The Kier molecular flexibility index (Phi) is 7.15. The average molecular weight is 457 g/mol. The number of aryl methyl sites for hydroxylation is 2. The van der Waals surface area contributed by atoms with E-state index in [1.54, 1.807) is 48.5 Å². The summed E-state index contributed by atoms with van der Waals surface area (Å²) < 4.78 is 47.1. The standard InChI is InChI=1S/C24H25FN2O4S/c1-17-8-13-21(16-18(17)2)32(29,30)27(19-9-11-20(31-3)12-10-19)15-14-24(28)26-23-7-5-4-6-22(23)25/h4-13,16H,14-15H2,1-3H3,(H,26,28). The molecule has 32 heavy (non-hydrogen) atoms. The van der Waals surface area contributed by atoms with Gasteiger partial charge in [0.1, 0.15) is 11.6 Å². The molecule has 1 amide bonds. The second-order valence-electron chi connectivity index (χ2n) is 7.30. The van der Waals surface area contributed by atoms with Gasteiger partial charge in [-0.25, -0.2) is 12.8 Å². The van der Waals surface area contributed by atoms with Gasteiger partial charge in [0.2, 0.25) is 5.91 Å². The SMILES string of the molecule is COc1ccc(N(CCC(=O)Nc2ccccc2F)S(=O)(=O)c2ccc(C)c(C)c2)cc1. The highest BCUT2D eigenvalue weighted by Crippen LogP contribution is 2.27. The zero-order valence-electron chi connectivity index (χ0n) is 18.1. The Bertz CT molecular complexity index is 1210. The summed E-state index contributed by atoms with van der Waals surface area (Å²) in [5.41, 5.74) is 2.26. The van der Waals surface area contributed by atoms with Crippen LogP contribution in [0.2, 0.25) is 0 Å². The lowest BCUT2D eigenvalue weighted by Gasteiger charge is -2.25. The highest BCUT2D eigenvalue weighted by molar-refractivity contribution is 7.92. The van der Waals surface area contributed by atoms with Gasteiger partial charge >= 0.3 is 0 Å². The molecule has 0 aliphatic rings. The van der Waals surface area contributed by atoms with Crippen molar-refractivity contribution in [3.05, 3.63) is 83.7 Å². The van der Waals surface area contributed by atoms with Crippen LogP contribution in [0.4, 0.5) is 15.8 Å². The molecule has 6 nitrogen and oxygen atoms in total. The molecule has 0 atom stereocenters. The normalized spacial score (nSPS) is 11.1. The van der Waals surface area contributed by atoms with E-state index >= 15 is 0 Å². The van der Waals surface area contributed by atoms with Gasteiger partial charge in [0.25, 0.3) is 10.0 Å². The predicted octanol–water partition coefficient (Wildman–Crippen LogP) is 4.68. The number of benzene rings is 3. The molecule has 0 heterocycles. The highest BCUT2D eigenvalue weighted by Gasteiger charge is 2.26. The van der Waals surface area contributed by atoms with Crippen molar-refractivity contribution in [3.63, 3.8) is 0 Å². The Morgan fingerprint density at radius 2 is 1.69 bits per heavy atom. The number of carbonyl (C=O) groups is 1. The molecule has 8 heteroatoms. The van der Waals surface area contributed by atoms with Gasteiger partial charge in [-0.3, -0.25) is 9.10 Å². The third-order valence-corrected chi connectivity index (χ3v) is 6.94. The first-order chi connectivity index (χ1) is 15.2. The quantitative estimate of drug-likeness (QED) is 0.534. The summed E-state index contributed by atoms with van der Waals surface area (Å²) in [6.45, 7) is 3.62. The molecule has 0 aromatic heterocycles. The summed E-state index contributed by atoms with van der Waals surface area (Å²) in [5.74, 6) is -0.478. The number of amides is 1. The molecular weight excluding hydrogens is 431 g/mol. The Morgan fingerprint density at radius 3 is 2.31 bits per heavy atom. The first kappa shape index (κ1) is 23.3. The first-order valence-corrected chi connectivity index (χ1v) is 11.4. The van der Waals surface area contributed by atoms with Crippen LogP contribution in [-0.4, -0.2) is 28.0 Å². The fourth-order valence-electron chi connectivity index (χ4n) is 3.12. The molecule has 0 aliphatic carbocycles. The molecule has 0 radical (unpaired) electrons. The predicted molar refractivity (Wildman–Crippen MR) is 123 cm³/mol. The van der Waals surface area contributed by atoms with Crippen molar-refractivity contribution in [2.24, 2.45) is 0 Å². The Labute approximate surface area is 187 Å². The summed E-state index contributed by atoms with van der Waals surface area (Å²) >= 11 is 0. The third-order valence-electron chi connectivity index (χ3n) is 5.12. The minimum atomic E-state index is -3.95. The molecule has 0 unspecified atom stereocenters. The fourth-order valence-corrected chi connectivity index (χ4v) is 4.67. The molecule has 0 saturated carbocycles. The van der Waals surface area contributed by atoms with Crippen LogP contribution in [-0.2, 0) is 14.8 Å². The summed E-state index contributed by atoms with van der Waals surface area (Å²) in [5, 5.41) is 2.49. The summed E-state index contributed by atoms with van der Waals surface area (Å²) in [7, 11) is -2.43. The average Bonchev–Trinajstić information content (AvgIpc) is 2.77. The Hall–Kier alpha value is -3.39. The van der Waals surface area contributed by atoms with Crippen LogP contribution in [0, 0.1) is 19.7 Å². The zero-order chi connectivity index (χ0) is 23.3. The van der Waals surface area contributed by atoms with Crippen LogP contribution in [0.25, 0.3) is 0 Å². The molecule has 1 N–H and O–H groups in total. The smallest absolute Gasteiger partial charge is 0.264 e. The molecule has 0 saturated heterocycles. The van der Waals surface area contributed by atoms with Gasteiger partial charge < -0.3 is 10.1 Å². The second kappa shape index (κ2) is 9.82. The highest BCUT2D eigenvalue weighted by atomic mass is 32.2. The number of nitrogens with zero attached hydrogens (tertiary/aromatic N) is 1. The van der Waals surface area contributed by atoms with Crippen molar-refractivity contribution >= 4 is 27.3 Å². The molecular formula is C24H25FN2O4S. The number of methoxy groups -OCH3 is 1. The van der Waals surface area contributed by atoms with Gasteiger partial charge in [0.15, 0.2) is 0 Å². The molecule has 3 aromatic carbocycles. The third kappa shape index (κ3) is 5.26. The van der Waals surface area contributed by atoms with Gasteiger partial charge in [-0.05, 0) is 73.5 Å². The molecule has 0 aliphatic heterocycles. The van der Waals surface area contributed by atoms with Gasteiger partial charge in [-0.15, -0.1) is 0 Å². The van der Waals surface area contributed by atoms with E-state index in [4.69, 9.17) is 4.74 Å². The molecule has 3 aromatic rings. The summed E-state index contributed by atoms with van der Waals surface area (Å²) in [6.07, 6.45) is -0.162. The largest absolute Gasteiger partial charge is 0.497 e. The fraction of sp³-hybridized carbons (Fsp3) is 0.208. The lowest BCUT2D eigenvalue weighted by Crippen LogP contribution is -2.34. The van der Waals surface area contributed by atoms with E-state index in [0.717, 1.165) is 11.1 Å². The minimum absolute atomic E-state index is 0.0468. The number of rotatable bonds is 8. The van der Waals surface area contributed by atoms with Gasteiger partial charge in [0, 0.05) is 13.0 Å². The van der Waals surface area contributed by atoms with E-state index in [0.29, 0.717) is 11.4 Å². The molecule has 0 spiro atoms. The maximum absolute atomic E-state index is 13.8. The van der Waals surface area contributed by atoms with Gasteiger partial charge in [0.05, 0.1) is 23.4 Å². The number of sulfonamides is 1. The van der Waals surface area contributed by atoms with Crippen LogP contribution in [0.5, 0.6) is 5.75 Å². The lowest BCUT2D eigenvalue weighted by atomic mass is 10.1. The first-order valence-electron chi connectivity index (χ1n) is 10.0. The zero-order valence-corrected chi connectivity index (χ0v) is 18.9. The number of ether oxygens (including phenoxy) is 1. The minimum Gasteiger partial charge on any atom is -0.497 e. The number of anilines is 2. The Balaban J connectivity index is 1.89. The van der Waals surface area contributed by atoms with Crippen LogP contribution >= 0.6 is 0 Å². The number of carbonyl (C=O) groups excluding carboxylic acids is 1. The second-order valence-corrected chi connectivity index (χ2v) is 9.16. The molecule has 3 rings (SSSR count). The number of hydrogen-bond acceptors (Lipinski definition) is 4. The molecule has 0 fully saturated rings. The van der Waals surface area contributed by atoms with E-state index < -0.39 is 21.7 Å². The van der Waals surface area contributed by atoms with E-state index in [-0.39, 0.29) is 23.5 Å². The van der Waals surface area contributed by atoms with E-state index in [1.165, 1.54) is 29.6 Å². The lowest BCUT2D eigenvalue weighted by molar-refractivity contribution is -0.116. The van der Waals surface area contributed by atoms with Crippen LogP contribution in [0.1, 0.15) is 17.5 Å². The van der Waals surface area contributed by atoms with Crippen molar-refractivity contribution in [2.75, 3.05) is 23.3 Å². The van der Waals surface area contributed by atoms with Crippen molar-refractivity contribution in [3.8, 4) is 5.75 Å². The van der Waals surface area contributed by atoms with Crippen molar-refractivity contribution in [1.82, 2.24) is 0 Å². The van der Waals surface area contributed by atoms with Crippen LogP contribution < -0.4 is 14.4 Å². The van der Waals surface area contributed by atoms with E-state index in [2.05, 4.69) is 5.32 Å². The van der Waals surface area contributed by atoms with E-state index in [1.807, 2.05) is 13.8 Å². The summed E-state index contributed by atoms with van der Waals surface area (Å²) in [6, 6.07) is 17.3. The van der Waals surface area contributed by atoms with Crippen LogP contribution in [0.3, 0.4) is 0 Å². The van der Waals surface area contributed by atoms with Gasteiger partial charge in [-0.2, -0.15) is 0 Å². The number of halogens is 1. The topological polar surface area (TPSA) is 75.7 Å². The monoisotopic (exact) mass is 456 g/mol. The van der Waals surface area contributed by atoms with Crippen molar-refractivity contribution < 1.29 is 22.3 Å². The van der Waals surface area contributed by atoms with Crippen molar-refractivity contribution in [1.29, 1.82) is 0 Å². The number of nitrogens with one attached hydrogen (secondary N) is 1. The maximum atomic E-state index is 13.8. The number of hydrogen-bond donors (Lipinski definition) is 1. The van der Waals surface area contributed by atoms with Crippen LogP contribution in [0.15, 0.2) is 71.6 Å². The van der Waals surface area contributed by atoms with E-state index in [9.17, 15) is 17.6 Å². The molecule has 0 bridgehead atoms. The van der Waals surface area contributed by atoms with Crippen molar-refractivity contribution in [2.45, 2.75) is 25.2 Å². The molecule has 168 valence electrons. The van der Waals surface area contributed by atoms with Gasteiger partial charge in [-0.1, -0.05) is 18.2 Å². The Morgan fingerprint density at radius 1 is 1.00 bits per heavy atom. The maximum Gasteiger partial charge on any atom is 0.264 e.